The number of likely N-dealkylation sites (tertiary alicyclic amines) is 1. The number of carbonyl (C=O) groups is 1. The fourth-order valence-corrected chi connectivity index (χ4v) is 1.39. The zero-order chi connectivity index (χ0) is 10.3. The molecule has 0 spiro atoms. The Labute approximate surface area is 80.7 Å². The highest BCUT2D eigenvalue weighted by molar-refractivity contribution is 5.73. The molecule has 1 saturated heterocycles. The molecule has 1 aliphatic heterocycles. The van der Waals surface area contributed by atoms with Crippen molar-refractivity contribution in [1.82, 2.24) is 4.90 Å². The quantitative estimate of drug-likeness (QED) is 0.682. The summed E-state index contributed by atoms with van der Waals surface area (Å²) >= 11 is 0. The molecular formula is C10H21NO2. The second-order valence-electron chi connectivity index (χ2n) is 3.54. The van der Waals surface area contributed by atoms with Crippen LogP contribution in [0, 0.1) is 0 Å². The van der Waals surface area contributed by atoms with Gasteiger partial charge in [0, 0.05) is 0 Å². The van der Waals surface area contributed by atoms with Crippen molar-refractivity contribution in [1.29, 1.82) is 0 Å². The Morgan fingerprint density at radius 2 is 2.00 bits per heavy atom. The highest BCUT2D eigenvalue weighted by atomic mass is 16.4. The van der Waals surface area contributed by atoms with E-state index in [9.17, 15) is 4.79 Å². The molecule has 0 amide bonds. The number of carboxylic acids is 1. The predicted molar refractivity (Wildman–Crippen MR) is 53.9 cm³/mol. The average Bonchev–Trinajstić information content (AvgIpc) is 2.06. The van der Waals surface area contributed by atoms with Crippen molar-refractivity contribution >= 4 is 5.97 Å². The number of hydrogen-bond acceptors (Lipinski definition) is 2. The summed E-state index contributed by atoms with van der Waals surface area (Å²) in [5.41, 5.74) is 0. The second kappa shape index (κ2) is 6.89. The second-order valence-corrected chi connectivity index (χ2v) is 3.54. The number of piperidine rings is 1. The lowest BCUT2D eigenvalue weighted by molar-refractivity contribution is -0.143. The van der Waals surface area contributed by atoms with E-state index in [1.165, 1.54) is 6.42 Å². The number of aliphatic carboxylic acids is 1. The van der Waals surface area contributed by atoms with E-state index in [0.29, 0.717) is 0 Å². The molecule has 3 heteroatoms. The fraction of sp³-hybridized carbons (Fsp3) is 0.900. The summed E-state index contributed by atoms with van der Waals surface area (Å²) in [5.74, 6) is -0.679. The molecule has 1 fully saturated rings. The van der Waals surface area contributed by atoms with Gasteiger partial charge in [0.2, 0.25) is 0 Å². The maximum Gasteiger partial charge on any atom is 0.320 e. The van der Waals surface area contributed by atoms with E-state index in [4.69, 9.17) is 5.11 Å². The Kier molecular flexibility index (Phi) is 6.59. The van der Waals surface area contributed by atoms with Gasteiger partial charge in [-0.15, -0.1) is 0 Å². The van der Waals surface area contributed by atoms with Crippen LogP contribution in [0.2, 0.25) is 0 Å². The molecule has 1 rings (SSSR count). The lowest BCUT2D eigenvalue weighted by Gasteiger charge is -2.28. The van der Waals surface area contributed by atoms with Gasteiger partial charge in [-0.25, -0.2) is 0 Å². The first-order valence-corrected chi connectivity index (χ1v) is 5.06. The molecular weight excluding hydrogens is 166 g/mol. The molecule has 0 radical (unpaired) electrons. The van der Waals surface area contributed by atoms with E-state index in [1.54, 1.807) is 0 Å². The van der Waals surface area contributed by atoms with Crippen molar-refractivity contribution in [3.05, 3.63) is 0 Å². The number of carboxylic acid groups (broad SMARTS) is 1. The molecule has 0 aromatic heterocycles. The third-order valence-electron chi connectivity index (χ3n) is 2.06. The van der Waals surface area contributed by atoms with Crippen molar-refractivity contribution in [2.45, 2.75) is 45.6 Å². The number of hydrogen-bond donors (Lipinski definition) is 1. The Morgan fingerprint density at radius 1 is 1.46 bits per heavy atom. The van der Waals surface area contributed by atoms with E-state index in [1.807, 2.05) is 11.9 Å². The summed E-state index contributed by atoms with van der Waals surface area (Å²) in [6.07, 6.45) is 4.26. The fourth-order valence-electron chi connectivity index (χ4n) is 1.39. The van der Waals surface area contributed by atoms with E-state index < -0.39 is 5.97 Å². The van der Waals surface area contributed by atoms with Crippen molar-refractivity contribution in [3.8, 4) is 0 Å². The van der Waals surface area contributed by atoms with E-state index in [2.05, 4.69) is 13.8 Å². The zero-order valence-corrected chi connectivity index (χ0v) is 8.92. The molecule has 1 heterocycles. The SMILES string of the molecule is CCC.CN1CCCCC1C(=O)O. The first kappa shape index (κ1) is 12.4. The van der Waals surface area contributed by atoms with Crippen LogP contribution >= 0.6 is 0 Å². The van der Waals surface area contributed by atoms with Crippen molar-refractivity contribution in [2.24, 2.45) is 0 Å². The Morgan fingerprint density at radius 3 is 2.31 bits per heavy atom. The van der Waals surface area contributed by atoms with Crippen LogP contribution in [0.4, 0.5) is 0 Å². The standard InChI is InChI=1S/C7H13NO2.C3H8/c1-8-5-3-2-4-6(8)7(9)10;1-3-2/h6H,2-5H2,1H3,(H,9,10);3H2,1-2H3. The molecule has 78 valence electrons. The van der Waals surface area contributed by atoms with Gasteiger partial charge in [-0.2, -0.15) is 0 Å². The molecule has 1 N–H and O–H groups in total. The number of likely N-dealkylation sites (N-methyl/N-ethyl adjacent to an activating group) is 1. The van der Waals surface area contributed by atoms with Gasteiger partial charge in [0.15, 0.2) is 0 Å². The van der Waals surface area contributed by atoms with Crippen LogP contribution in [0.3, 0.4) is 0 Å². The van der Waals surface area contributed by atoms with Crippen LogP contribution in [0.15, 0.2) is 0 Å². The summed E-state index contributed by atoms with van der Waals surface area (Å²) in [5, 5.41) is 8.67. The summed E-state index contributed by atoms with van der Waals surface area (Å²) in [6, 6.07) is -0.228. The lowest BCUT2D eigenvalue weighted by atomic mass is 10.0. The minimum atomic E-state index is -0.679. The monoisotopic (exact) mass is 187 g/mol. The molecule has 1 atom stereocenters. The van der Waals surface area contributed by atoms with Gasteiger partial charge < -0.3 is 5.11 Å². The van der Waals surface area contributed by atoms with Crippen molar-refractivity contribution < 1.29 is 9.90 Å². The van der Waals surface area contributed by atoms with Crippen LogP contribution in [-0.4, -0.2) is 35.6 Å². The molecule has 0 aliphatic carbocycles. The van der Waals surface area contributed by atoms with Gasteiger partial charge in [0.1, 0.15) is 6.04 Å². The lowest BCUT2D eigenvalue weighted by Crippen LogP contribution is -2.41. The van der Waals surface area contributed by atoms with Gasteiger partial charge in [0.25, 0.3) is 0 Å². The Bertz CT molecular complexity index is 148. The molecule has 1 unspecified atom stereocenters. The van der Waals surface area contributed by atoms with E-state index >= 15 is 0 Å². The molecule has 13 heavy (non-hydrogen) atoms. The van der Waals surface area contributed by atoms with Gasteiger partial charge in [-0.3, -0.25) is 9.69 Å². The highest BCUT2D eigenvalue weighted by Gasteiger charge is 2.24. The van der Waals surface area contributed by atoms with Crippen LogP contribution in [0.25, 0.3) is 0 Å². The smallest absolute Gasteiger partial charge is 0.320 e. The van der Waals surface area contributed by atoms with Crippen molar-refractivity contribution in [2.75, 3.05) is 13.6 Å². The summed E-state index contributed by atoms with van der Waals surface area (Å²) in [4.78, 5) is 12.4. The minimum Gasteiger partial charge on any atom is -0.480 e. The molecule has 0 saturated carbocycles. The number of nitrogens with zero attached hydrogens (tertiary/aromatic N) is 1. The van der Waals surface area contributed by atoms with E-state index in [-0.39, 0.29) is 6.04 Å². The van der Waals surface area contributed by atoms with Gasteiger partial charge in [-0.1, -0.05) is 26.7 Å². The highest BCUT2D eigenvalue weighted by Crippen LogP contribution is 2.14. The van der Waals surface area contributed by atoms with Crippen LogP contribution in [-0.2, 0) is 4.79 Å². The molecule has 3 nitrogen and oxygen atoms in total. The Balaban J connectivity index is 0.000000424. The van der Waals surface area contributed by atoms with E-state index in [0.717, 1.165) is 25.8 Å². The normalized spacial score (nSPS) is 23.2. The topological polar surface area (TPSA) is 40.5 Å². The molecule has 0 aromatic rings. The first-order valence-electron chi connectivity index (χ1n) is 5.06. The third kappa shape index (κ3) is 4.88. The zero-order valence-electron chi connectivity index (χ0n) is 8.92. The number of rotatable bonds is 1. The van der Waals surface area contributed by atoms with Crippen LogP contribution in [0.1, 0.15) is 39.5 Å². The summed E-state index contributed by atoms with van der Waals surface area (Å²) in [7, 11) is 1.87. The maximum absolute atomic E-state index is 10.5. The third-order valence-corrected chi connectivity index (χ3v) is 2.06. The predicted octanol–water partition coefficient (Wildman–Crippen LogP) is 1.97. The summed E-state index contributed by atoms with van der Waals surface area (Å²) in [6.45, 7) is 5.18. The molecule has 0 aromatic carbocycles. The minimum absolute atomic E-state index is 0.228. The summed E-state index contributed by atoms with van der Waals surface area (Å²) < 4.78 is 0. The van der Waals surface area contributed by atoms with Crippen LogP contribution in [0.5, 0.6) is 0 Å². The molecule has 0 bridgehead atoms. The average molecular weight is 187 g/mol. The van der Waals surface area contributed by atoms with Gasteiger partial charge >= 0.3 is 5.97 Å². The largest absolute Gasteiger partial charge is 0.480 e. The Hall–Kier alpha value is -0.570. The van der Waals surface area contributed by atoms with Crippen LogP contribution < -0.4 is 0 Å². The first-order chi connectivity index (χ1) is 6.13. The van der Waals surface area contributed by atoms with Crippen molar-refractivity contribution in [3.63, 3.8) is 0 Å². The molecule has 1 aliphatic rings. The van der Waals surface area contributed by atoms with Gasteiger partial charge in [0.05, 0.1) is 0 Å². The van der Waals surface area contributed by atoms with Gasteiger partial charge in [-0.05, 0) is 26.4 Å². The maximum atomic E-state index is 10.5.